The van der Waals surface area contributed by atoms with Gasteiger partial charge in [0.25, 0.3) is 5.56 Å². The minimum atomic E-state index is -0.605. The molecule has 10 nitrogen and oxygen atoms in total. The van der Waals surface area contributed by atoms with Crippen LogP contribution < -0.4 is 5.56 Å². The summed E-state index contributed by atoms with van der Waals surface area (Å²) in [6.45, 7) is 4.22. The van der Waals surface area contributed by atoms with Crippen LogP contribution in [0.5, 0.6) is 5.88 Å². The quantitative estimate of drug-likeness (QED) is 0.206. The number of likely N-dealkylation sites (tertiary alicyclic amines) is 1. The second kappa shape index (κ2) is 10.6. The number of hydrogen-bond acceptors (Lipinski definition) is 8. The molecule has 3 aromatic heterocycles. The lowest BCUT2D eigenvalue weighted by Gasteiger charge is -2.42. The van der Waals surface area contributed by atoms with Crippen LogP contribution in [-0.4, -0.2) is 50.5 Å². The fourth-order valence-electron chi connectivity index (χ4n) is 5.67. The summed E-state index contributed by atoms with van der Waals surface area (Å²) in [7, 11) is 0. The fourth-order valence-corrected chi connectivity index (χ4v) is 6.34. The summed E-state index contributed by atoms with van der Waals surface area (Å²) in [6, 6.07) is 16.9. The first kappa shape index (κ1) is 25.2. The smallest absolute Gasteiger partial charge is 0.304 e. The molecule has 39 heavy (non-hydrogen) atoms. The van der Waals surface area contributed by atoms with E-state index in [1.54, 1.807) is 17.6 Å². The van der Waals surface area contributed by atoms with Crippen LogP contribution in [0, 0.1) is 5.92 Å². The highest BCUT2D eigenvalue weighted by Gasteiger charge is 2.35. The van der Waals surface area contributed by atoms with Crippen molar-refractivity contribution in [2.45, 2.75) is 32.5 Å². The fraction of sp³-hybridized carbons (Fsp3) is 0.321. The van der Waals surface area contributed by atoms with Crippen LogP contribution in [0.2, 0.25) is 0 Å². The number of para-hydroxylation sites is 1. The highest BCUT2D eigenvalue weighted by molar-refractivity contribution is 7.12. The molecule has 1 aromatic carbocycles. The van der Waals surface area contributed by atoms with E-state index in [4.69, 9.17) is 4.84 Å². The number of nitrogens with zero attached hydrogens (tertiary/aromatic N) is 6. The third-order valence-electron chi connectivity index (χ3n) is 7.34. The third-order valence-corrected chi connectivity index (χ3v) is 8.32. The van der Waals surface area contributed by atoms with Gasteiger partial charge in [0.1, 0.15) is 0 Å². The average Bonchev–Trinajstić information content (AvgIpc) is 3.56. The lowest BCUT2D eigenvalue weighted by Crippen LogP contribution is -2.47. The summed E-state index contributed by atoms with van der Waals surface area (Å²) in [6.07, 6.45) is 1.05. The van der Waals surface area contributed by atoms with E-state index in [2.05, 4.69) is 20.3 Å². The zero-order valence-corrected chi connectivity index (χ0v) is 22.3. The van der Waals surface area contributed by atoms with Crippen molar-refractivity contribution >= 4 is 39.5 Å². The van der Waals surface area contributed by atoms with E-state index in [-0.39, 0.29) is 29.7 Å². The normalized spacial score (nSPS) is 19.5. The summed E-state index contributed by atoms with van der Waals surface area (Å²) in [4.78, 5) is 33.1. The van der Waals surface area contributed by atoms with Crippen LogP contribution in [0.25, 0.3) is 10.9 Å². The van der Waals surface area contributed by atoms with Gasteiger partial charge in [0.05, 0.1) is 22.8 Å². The van der Waals surface area contributed by atoms with Crippen molar-refractivity contribution in [1.29, 1.82) is 0 Å². The molecule has 1 N–H and O–H groups in total. The summed E-state index contributed by atoms with van der Waals surface area (Å²) >= 11 is 1.53. The molecule has 2 bridgehead atoms. The number of piperidine rings is 1. The van der Waals surface area contributed by atoms with Crippen LogP contribution in [0.3, 0.4) is 0 Å². The maximum absolute atomic E-state index is 12.4. The molecule has 200 valence electrons. The Balaban J connectivity index is 1.19. The zero-order chi connectivity index (χ0) is 26.9. The number of azo groups is 1. The number of benzene rings is 1. The van der Waals surface area contributed by atoms with E-state index in [9.17, 15) is 14.7 Å². The van der Waals surface area contributed by atoms with Gasteiger partial charge in [-0.05, 0) is 42.8 Å². The number of hydrogen-bond donors (Lipinski definition) is 1. The second-order valence-electron chi connectivity index (χ2n) is 10.0. The van der Waals surface area contributed by atoms with Gasteiger partial charge in [-0.15, -0.1) is 21.6 Å². The second-order valence-corrected chi connectivity index (χ2v) is 11.0. The minimum Gasteiger partial charge on any atom is -0.493 e. The van der Waals surface area contributed by atoms with Crippen molar-refractivity contribution in [3.63, 3.8) is 0 Å². The van der Waals surface area contributed by atoms with Gasteiger partial charge in [0, 0.05) is 42.7 Å². The number of thiophene rings is 1. The minimum absolute atomic E-state index is 0.0485. The standard InChI is InChI=1S/C28H28N6O4S/c1-18(24-9-5-11-39-24)31-38-16-25(35)29-30-27-21-6-2-3-7-23(21)34(28(27)37)17-32-13-19-12-20(15-32)22-8-4-10-26(36)33(22)14-19/h2-11,19-20,37H,12-17H2,1H3/b30-29?,31-18+/t19-,20-/m0/s1. The summed E-state index contributed by atoms with van der Waals surface area (Å²) < 4.78 is 3.71. The predicted octanol–water partition coefficient (Wildman–Crippen LogP) is 4.70. The van der Waals surface area contributed by atoms with Crippen molar-refractivity contribution in [3.8, 4) is 5.88 Å². The maximum atomic E-state index is 12.4. The highest BCUT2D eigenvalue weighted by atomic mass is 32.1. The van der Waals surface area contributed by atoms with Gasteiger partial charge in [-0.1, -0.05) is 35.5 Å². The van der Waals surface area contributed by atoms with E-state index in [0.717, 1.165) is 35.6 Å². The Morgan fingerprint density at radius 2 is 1.97 bits per heavy atom. The molecule has 6 rings (SSSR count). The van der Waals surface area contributed by atoms with Crippen molar-refractivity contribution in [1.82, 2.24) is 14.0 Å². The molecule has 11 heteroatoms. The zero-order valence-electron chi connectivity index (χ0n) is 21.4. The van der Waals surface area contributed by atoms with Gasteiger partial charge in [0.15, 0.2) is 12.3 Å². The van der Waals surface area contributed by atoms with Gasteiger partial charge in [-0.25, -0.2) is 0 Å². The van der Waals surface area contributed by atoms with Gasteiger partial charge in [-0.3, -0.25) is 19.1 Å². The molecule has 0 unspecified atom stereocenters. The van der Waals surface area contributed by atoms with E-state index in [1.165, 1.54) is 11.3 Å². The van der Waals surface area contributed by atoms with E-state index in [0.29, 0.717) is 30.2 Å². The number of carbonyl (C=O) groups excluding carboxylic acids is 1. The topological polar surface area (TPSA) is 114 Å². The van der Waals surface area contributed by atoms with Crippen LogP contribution in [-0.2, 0) is 22.8 Å². The average molecular weight is 545 g/mol. The van der Waals surface area contributed by atoms with Crippen molar-refractivity contribution in [3.05, 3.63) is 80.9 Å². The lowest BCUT2D eigenvalue weighted by molar-refractivity contribution is -0.122. The molecule has 1 saturated heterocycles. The van der Waals surface area contributed by atoms with Gasteiger partial charge in [0.2, 0.25) is 5.88 Å². The maximum Gasteiger partial charge on any atom is 0.304 e. The third kappa shape index (κ3) is 5.02. The first-order valence-electron chi connectivity index (χ1n) is 12.8. The molecule has 0 spiro atoms. The number of fused-ring (bicyclic) bond motifs is 5. The Labute approximate surface area is 228 Å². The van der Waals surface area contributed by atoms with E-state index in [1.807, 2.05) is 58.5 Å². The Bertz CT molecular complexity index is 1640. The molecule has 1 fully saturated rings. The first-order chi connectivity index (χ1) is 19.0. The van der Waals surface area contributed by atoms with Crippen LogP contribution in [0.1, 0.15) is 29.8 Å². The number of aromatic nitrogens is 2. The number of amides is 1. The molecular weight excluding hydrogens is 516 g/mol. The Hall–Kier alpha value is -4.09. The molecule has 0 saturated carbocycles. The molecule has 4 aromatic rings. The number of oxime groups is 1. The van der Waals surface area contributed by atoms with Crippen LogP contribution in [0.4, 0.5) is 5.69 Å². The molecule has 2 aliphatic rings. The molecule has 5 heterocycles. The monoisotopic (exact) mass is 544 g/mol. The van der Waals surface area contributed by atoms with E-state index >= 15 is 0 Å². The molecule has 0 radical (unpaired) electrons. The van der Waals surface area contributed by atoms with E-state index < -0.39 is 5.91 Å². The highest BCUT2D eigenvalue weighted by Crippen LogP contribution is 2.40. The molecule has 0 aliphatic carbocycles. The Kier molecular flexibility index (Phi) is 6.84. The number of rotatable bonds is 7. The Morgan fingerprint density at radius 1 is 1.10 bits per heavy atom. The van der Waals surface area contributed by atoms with Crippen LogP contribution in [0.15, 0.2) is 80.2 Å². The van der Waals surface area contributed by atoms with Crippen molar-refractivity contribution < 1.29 is 14.7 Å². The molecule has 2 aliphatic heterocycles. The van der Waals surface area contributed by atoms with Crippen molar-refractivity contribution in [2.24, 2.45) is 21.3 Å². The summed E-state index contributed by atoms with van der Waals surface area (Å²) in [5, 5.41) is 25.7. The number of aromatic hydroxyl groups is 1. The SMILES string of the molecule is C/C(=N\OCC(=O)N=Nc1c(O)n(CN2C[C@@H]3C[C@@H](C2)c2cccc(=O)n2C3)c2ccccc12)c1cccs1. The molecule has 2 atom stereocenters. The van der Waals surface area contributed by atoms with Gasteiger partial charge >= 0.3 is 5.91 Å². The first-order valence-corrected chi connectivity index (χ1v) is 13.7. The summed E-state index contributed by atoms with van der Waals surface area (Å²) in [5.74, 6) is -0.0271. The lowest BCUT2D eigenvalue weighted by atomic mass is 9.83. The van der Waals surface area contributed by atoms with Crippen molar-refractivity contribution in [2.75, 3.05) is 19.7 Å². The predicted molar refractivity (Wildman–Crippen MR) is 149 cm³/mol. The van der Waals surface area contributed by atoms with Gasteiger partial charge in [-0.2, -0.15) is 0 Å². The van der Waals surface area contributed by atoms with Crippen LogP contribution >= 0.6 is 11.3 Å². The van der Waals surface area contributed by atoms with Gasteiger partial charge < -0.3 is 14.5 Å². The largest absolute Gasteiger partial charge is 0.493 e. The summed E-state index contributed by atoms with van der Waals surface area (Å²) in [5.41, 5.74) is 2.86. The number of pyridine rings is 1. The molecule has 1 amide bonds. The molecular formula is C28H28N6O4S. The number of carbonyl (C=O) groups is 1. The Morgan fingerprint density at radius 3 is 2.82 bits per heavy atom.